The Bertz CT molecular complexity index is 603. The largest absolute Gasteiger partial charge is 0.360 e. The molecule has 1 saturated heterocycles. The maximum Gasteiger partial charge on any atom is 0.276 e. The first kappa shape index (κ1) is 13.9. The summed E-state index contributed by atoms with van der Waals surface area (Å²) in [5, 5.41) is 10.8. The molecule has 0 aromatic carbocycles. The van der Waals surface area contributed by atoms with Crippen LogP contribution in [0.1, 0.15) is 66.9 Å². The highest BCUT2D eigenvalue weighted by atomic mass is 16.5. The number of aromatic nitrogens is 3. The second-order valence-corrected chi connectivity index (χ2v) is 5.81. The Morgan fingerprint density at radius 1 is 1.48 bits per heavy atom. The molecule has 0 bridgehead atoms. The molecule has 6 heteroatoms. The van der Waals surface area contributed by atoms with Gasteiger partial charge >= 0.3 is 0 Å². The van der Waals surface area contributed by atoms with Crippen molar-refractivity contribution in [2.24, 2.45) is 0 Å². The topological polar surface area (TPSA) is 75.0 Å². The van der Waals surface area contributed by atoms with Gasteiger partial charge in [-0.1, -0.05) is 19.0 Å². The first-order chi connectivity index (χ1) is 10.2. The molecule has 2 aromatic heterocycles. The highest BCUT2D eigenvalue weighted by molar-refractivity contribution is 5.92. The fourth-order valence-electron chi connectivity index (χ4n) is 2.77. The van der Waals surface area contributed by atoms with Crippen LogP contribution in [0.5, 0.6) is 0 Å². The van der Waals surface area contributed by atoms with Crippen LogP contribution >= 0.6 is 0 Å². The van der Waals surface area contributed by atoms with Gasteiger partial charge < -0.3 is 9.42 Å². The van der Waals surface area contributed by atoms with Crippen molar-refractivity contribution in [1.82, 2.24) is 20.3 Å². The lowest BCUT2D eigenvalue weighted by Gasteiger charge is -2.34. The average Bonchev–Trinajstić information content (AvgIpc) is 3.18. The lowest BCUT2D eigenvalue weighted by molar-refractivity contribution is 0.0601. The van der Waals surface area contributed by atoms with Gasteiger partial charge in [0.15, 0.2) is 5.69 Å². The molecule has 1 aliphatic rings. The molecule has 1 fully saturated rings. The second-order valence-electron chi connectivity index (χ2n) is 5.81. The van der Waals surface area contributed by atoms with E-state index < -0.39 is 0 Å². The Kier molecular flexibility index (Phi) is 3.77. The van der Waals surface area contributed by atoms with E-state index in [1.807, 2.05) is 24.9 Å². The number of piperidine rings is 1. The molecule has 112 valence electrons. The van der Waals surface area contributed by atoms with Gasteiger partial charge in [0, 0.05) is 30.3 Å². The monoisotopic (exact) mass is 288 g/mol. The molecule has 6 nitrogen and oxygen atoms in total. The number of aromatic amines is 1. The number of hydrogen-bond donors (Lipinski definition) is 1. The number of carbonyl (C=O) groups excluding carboxylic acids is 1. The van der Waals surface area contributed by atoms with Crippen LogP contribution < -0.4 is 0 Å². The zero-order valence-corrected chi connectivity index (χ0v) is 12.4. The molecule has 3 rings (SSSR count). The third-order valence-electron chi connectivity index (χ3n) is 3.98. The Hall–Kier alpha value is -2.11. The summed E-state index contributed by atoms with van der Waals surface area (Å²) in [6.07, 6.45) is 6.75. The van der Waals surface area contributed by atoms with Crippen LogP contribution in [0.4, 0.5) is 0 Å². The van der Waals surface area contributed by atoms with Gasteiger partial charge in [0.2, 0.25) is 0 Å². The number of hydrogen-bond acceptors (Lipinski definition) is 4. The molecule has 2 aromatic rings. The molecule has 1 atom stereocenters. The van der Waals surface area contributed by atoms with Crippen LogP contribution in [0.15, 0.2) is 23.0 Å². The van der Waals surface area contributed by atoms with Crippen molar-refractivity contribution in [3.63, 3.8) is 0 Å². The van der Waals surface area contributed by atoms with Crippen LogP contribution in [-0.2, 0) is 0 Å². The number of nitrogens with zero attached hydrogens (tertiary/aromatic N) is 3. The van der Waals surface area contributed by atoms with E-state index in [1.54, 1.807) is 12.3 Å². The van der Waals surface area contributed by atoms with E-state index >= 15 is 0 Å². The summed E-state index contributed by atoms with van der Waals surface area (Å²) in [4.78, 5) is 14.6. The van der Waals surface area contributed by atoms with Gasteiger partial charge in [-0.2, -0.15) is 5.10 Å². The lowest BCUT2D eigenvalue weighted by Crippen LogP contribution is -2.38. The number of likely N-dealkylation sites (tertiary alicyclic amines) is 1. The summed E-state index contributed by atoms with van der Waals surface area (Å²) in [5.74, 6) is 0.914. The van der Waals surface area contributed by atoms with Crippen molar-refractivity contribution in [3.8, 4) is 0 Å². The van der Waals surface area contributed by atoms with Gasteiger partial charge in [0.25, 0.3) is 5.91 Å². The molecular weight excluding hydrogens is 268 g/mol. The van der Waals surface area contributed by atoms with Crippen molar-refractivity contribution in [2.75, 3.05) is 6.54 Å². The summed E-state index contributed by atoms with van der Waals surface area (Å²) in [6.45, 7) is 4.78. The molecule has 21 heavy (non-hydrogen) atoms. The van der Waals surface area contributed by atoms with E-state index in [2.05, 4.69) is 15.4 Å². The maximum atomic E-state index is 12.7. The van der Waals surface area contributed by atoms with Gasteiger partial charge in [0.05, 0.1) is 12.2 Å². The normalized spacial score (nSPS) is 19.2. The van der Waals surface area contributed by atoms with E-state index in [0.29, 0.717) is 5.69 Å². The summed E-state index contributed by atoms with van der Waals surface area (Å²) in [5.41, 5.74) is 1.45. The lowest BCUT2D eigenvalue weighted by atomic mass is 9.97. The van der Waals surface area contributed by atoms with E-state index in [4.69, 9.17) is 4.52 Å². The molecule has 3 heterocycles. The molecule has 1 N–H and O–H groups in total. The van der Waals surface area contributed by atoms with Gasteiger partial charge in [-0.25, -0.2) is 0 Å². The minimum atomic E-state index is -0.0587. The first-order valence-corrected chi connectivity index (χ1v) is 7.43. The van der Waals surface area contributed by atoms with Crippen molar-refractivity contribution in [2.45, 2.75) is 45.1 Å². The third kappa shape index (κ3) is 2.70. The average molecular weight is 288 g/mol. The van der Waals surface area contributed by atoms with Gasteiger partial charge in [-0.05, 0) is 19.3 Å². The summed E-state index contributed by atoms with van der Waals surface area (Å²) in [6, 6.07) is 1.83. The SMILES string of the molecule is CC(C)c1cc(C(=O)N2CCCC[C@H]2c2cn[nH]c2)no1. The van der Waals surface area contributed by atoms with Crippen LogP contribution in [0, 0.1) is 0 Å². The Morgan fingerprint density at radius 3 is 3.00 bits per heavy atom. The van der Waals surface area contributed by atoms with E-state index in [-0.39, 0.29) is 17.9 Å². The standard InChI is InChI=1S/C15H20N4O2/c1-10(2)14-7-12(18-21-14)15(20)19-6-4-3-5-13(19)11-8-16-17-9-11/h7-10,13H,3-6H2,1-2H3,(H,16,17)/t13-/m0/s1. The molecule has 0 saturated carbocycles. The second kappa shape index (κ2) is 5.71. The molecule has 0 spiro atoms. The van der Waals surface area contributed by atoms with Crippen molar-refractivity contribution in [1.29, 1.82) is 0 Å². The number of carbonyl (C=O) groups is 1. The molecule has 0 aliphatic carbocycles. The number of amides is 1. The van der Waals surface area contributed by atoms with Crippen LogP contribution in [0.25, 0.3) is 0 Å². The molecule has 1 amide bonds. The predicted octanol–water partition coefficient (Wildman–Crippen LogP) is 2.89. The zero-order chi connectivity index (χ0) is 14.8. The van der Waals surface area contributed by atoms with Crippen molar-refractivity contribution in [3.05, 3.63) is 35.5 Å². The van der Waals surface area contributed by atoms with Crippen LogP contribution in [0.3, 0.4) is 0 Å². The molecule has 1 aliphatic heterocycles. The van der Waals surface area contributed by atoms with E-state index in [0.717, 1.165) is 37.1 Å². The quantitative estimate of drug-likeness (QED) is 0.942. The van der Waals surface area contributed by atoms with Gasteiger partial charge in [0.1, 0.15) is 5.76 Å². The van der Waals surface area contributed by atoms with E-state index in [1.165, 1.54) is 0 Å². The highest BCUT2D eigenvalue weighted by Gasteiger charge is 2.31. The van der Waals surface area contributed by atoms with E-state index in [9.17, 15) is 4.79 Å². The minimum absolute atomic E-state index is 0.0587. The van der Waals surface area contributed by atoms with Crippen molar-refractivity contribution < 1.29 is 9.32 Å². The Labute approximate surface area is 123 Å². The minimum Gasteiger partial charge on any atom is -0.360 e. The van der Waals surface area contributed by atoms with Crippen molar-refractivity contribution >= 4 is 5.91 Å². The first-order valence-electron chi connectivity index (χ1n) is 7.43. The number of nitrogens with one attached hydrogen (secondary N) is 1. The highest BCUT2D eigenvalue weighted by Crippen LogP contribution is 2.31. The summed E-state index contributed by atoms with van der Waals surface area (Å²) < 4.78 is 5.25. The molecule has 0 unspecified atom stereocenters. The maximum absolute atomic E-state index is 12.7. The molecule has 0 radical (unpaired) electrons. The Morgan fingerprint density at radius 2 is 2.33 bits per heavy atom. The fraction of sp³-hybridized carbons (Fsp3) is 0.533. The summed E-state index contributed by atoms with van der Waals surface area (Å²) in [7, 11) is 0. The number of rotatable bonds is 3. The van der Waals surface area contributed by atoms with Gasteiger partial charge in [-0.15, -0.1) is 0 Å². The number of H-pyrrole nitrogens is 1. The predicted molar refractivity (Wildman–Crippen MR) is 76.8 cm³/mol. The van der Waals surface area contributed by atoms with Crippen LogP contribution in [0.2, 0.25) is 0 Å². The molecular formula is C15H20N4O2. The summed E-state index contributed by atoms with van der Waals surface area (Å²) >= 11 is 0. The van der Waals surface area contributed by atoms with Gasteiger partial charge in [-0.3, -0.25) is 9.89 Å². The fourth-order valence-corrected chi connectivity index (χ4v) is 2.77. The van der Waals surface area contributed by atoms with Crippen LogP contribution in [-0.4, -0.2) is 32.7 Å². The Balaban J connectivity index is 1.83. The third-order valence-corrected chi connectivity index (χ3v) is 3.98. The smallest absolute Gasteiger partial charge is 0.276 e. The zero-order valence-electron chi connectivity index (χ0n) is 12.4.